The van der Waals surface area contributed by atoms with Gasteiger partial charge in [0.15, 0.2) is 0 Å². The van der Waals surface area contributed by atoms with Crippen LogP contribution >= 0.6 is 31.9 Å². The summed E-state index contributed by atoms with van der Waals surface area (Å²) in [5.41, 5.74) is 3.61. The number of benzene rings is 2. The van der Waals surface area contributed by atoms with Crippen molar-refractivity contribution in [1.29, 1.82) is 5.26 Å². The van der Waals surface area contributed by atoms with Crippen molar-refractivity contribution < 1.29 is 4.79 Å². The smallest absolute Gasteiger partial charge is 0.223 e. The summed E-state index contributed by atoms with van der Waals surface area (Å²) >= 11 is 6.62. The van der Waals surface area contributed by atoms with Crippen molar-refractivity contribution in [3.05, 3.63) is 63.0 Å². The number of rotatable bonds is 4. The van der Waals surface area contributed by atoms with Crippen LogP contribution in [0.4, 0.5) is 5.69 Å². The Morgan fingerprint density at radius 3 is 2.05 bits per heavy atom. The summed E-state index contributed by atoms with van der Waals surface area (Å²) in [5, 5.41) is 12.9. The molecule has 2 aromatic carbocycles. The second-order valence-electron chi connectivity index (χ2n) is 4.03. The SMILES string of the molecule is N#C/C(=N/Nc1ccc(Br)cc1)C(=O)c1ccc(Br)cc1. The molecule has 0 saturated carbocycles. The zero-order valence-corrected chi connectivity index (χ0v) is 13.8. The van der Waals surface area contributed by atoms with Crippen molar-refractivity contribution in [2.24, 2.45) is 5.10 Å². The molecule has 0 radical (unpaired) electrons. The molecule has 0 aliphatic carbocycles. The Labute approximate surface area is 138 Å². The van der Waals surface area contributed by atoms with Gasteiger partial charge in [-0.15, -0.1) is 0 Å². The zero-order chi connectivity index (χ0) is 15.2. The number of ketones is 1. The van der Waals surface area contributed by atoms with Gasteiger partial charge < -0.3 is 0 Å². The molecule has 0 bridgehead atoms. The first-order chi connectivity index (χ1) is 10.1. The molecule has 2 rings (SSSR count). The van der Waals surface area contributed by atoms with E-state index in [2.05, 4.69) is 42.4 Å². The van der Waals surface area contributed by atoms with Crippen molar-refractivity contribution in [2.45, 2.75) is 0 Å². The molecule has 0 atom stereocenters. The average Bonchev–Trinajstić information content (AvgIpc) is 2.50. The standard InChI is InChI=1S/C15H9Br2N3O/c16-11-3-1-10(2-4-11)15(21)14(9-18)20-19-13-7-5-12(17)6-8-13/h1-8,19H/b20-14-. The van der Waals surface area contributed by atoms with E-state index in [0.717, 1.165) is 8.95 Å². The molecular formula is C15H9Br2N3O. The molecule has 104 valence electrons. The minimum Gasteiger partial charge on any atom is -0.286 e. The molecule has 6 heteroatoms. The highest BCUT2D eigenvalue weighted by Gasteiger charge is 2.13. The number of hydrogen-bond acceptors (Lipinski definition) is 4. The molecule has 0 unspecified atom stereocenters. The van der Waals surface area contributed by atoms with Crippen LogP contribution in [0.1, 0.15) is 10.4 Å². The number of nitriles is 1. The van der Waals surface area contributed by atoms with Crippen LogP contribution in [0.15, 0.2) is 62.6 Å². The first-order valence-corrected chi connectivity index (χ1v) is 7.48. The van der Waals surface area contributed by atoms with Gasteiger partial charge in [0.1, 0.15) is 6.07 Å². The summed E-state index contributed by atoms with van der Waals surface area (Å²) in [7, 11) is 0. The largest absolute Gasteiger partial charge is 0.286 e. The molecular weight excluding hydrogens is 398 g/mol. The fourth-order valence-electron chi connectivity index (χ4n) is 1.51. The highest BCUT2D eigenvalue weighted by molar-refractivity contribution is 9.10. The fraction of sp³-hybridized carbons (Fsp3) is 0. The van der Waals surface area contributed by atoms with E-state index in [-0.39, 0.29) is 5.71 Å². The van der Waals surface area contributed by atoms with E-state index in [1.807, 2.05) is 18.2 Å². The molecule has 0 fully saturated rings. The first-order valence-electron chi connectivity index (χ1n) is 5.90. The summed E-state index contributed by atoms with van der Waals surface area (Å²) in [4.78, 5) is 12.1. The minimum atomic E-state index is -0.422. The number of carbonyl (C=O) groups excluding carboxylic acids is 1. The minimum absolute atomic E-state index is 0.194. The lowest BCUT2D eigenvalue weighted by molar-refractivity contribution is 0.106. The third-order valence-electron chi connectivity index (χ3n) is 2.57. The first kappa shape index (κ1) is 15.4. The van der Waals surface area contributed by atoms with E-state index < -0.39 is 5.78 Å². The molecule has 0 aliphatic rings. The number of halogens is 2. The molecule has 0 saturated heterocycles. The highest BCUT2D eigenvalue weighted by Crippen LogP contribution is 2.14. The van der Waals surface area contributed by atoms with Gasteiger partial charge in [-0.3, -0.25) is 10.2 Å². The van der Waals surface area contributed by atoms with Gasteiger partial charge in [-0.2, -0.15) is 10.4 Å². The van der Waals surface area contributed by atoms with Gasteiger partial charge in [0.2, 0.25) is 11.5 Å². The predicted molar refractivity (Wildman–Crippen MR) is 89.3 cm³/mol. The molecule has 0 amide bonds. The number of hydrazone groups is 1. The lowest BCUT2D eigenvalue weighted by Crippen LogP contribution is -2.14. The molecule has 0 spiro atoms. The molecule has 0 heterocycles. The molecule has 21 heavy (non-hydrogen) atoms. The third kappa shape index (κ3) is 4.25. The van der Waals surface area contributed by atoms with Gasteiger partial charge >= 0.3 is 0 Å². The Morgan fingerprint density at radius 2 is 1.52 bits per heavy atom. The van der Waals surface area contributed by atoms with E-state index in [1.54, 1.807) is 36.4 Å². The third-order valence-corrected chi connectivity index (χ3v) is 3.63. The normalized spacial score (nSPS) is 10.8. The maximum atomic E-state index is 12.1. The quantitative estimate of drug-likeness (QED) is 0.465. The Bertz CT molecular complexity index is 716. The van der Waals surface area contributed by atoms with Crippen molar-refractivity contribution in [1.82, 2.24) is 0 Å². The molecule has 1 N–H and O–H groups in total. The maximum absolute atomic E-state index is 12.1. The van der Waals surface area contributed by atoms with Crippen LogP contribution in [0.5, 0.6) is 0 Å². The number of Topliss-reactive ketones (excluding diaryl/α,β-unsaturated/α-hetero) is 1. The molecule has 4 nitrogen and oxygen atoms in total. The van der Waals surface area contributed by atoms with Crippen LogP contribution in [-0.2, 0) is 0 Å². The van der Waals surface area contributed by atoms with Gasteiger partial charge in [-0.1, -0.05) is 31.9 Å². The summed E-state index contributed by atoms with van der Waals surface area (Å²) in [5.74, 6) is -0.422. The van der Waals surface area contributed by atoms with Gasteiger partial charge in [0.05, 0.1) is 5.69 Å². The number of carbonyl (C=O) groups is 1. The molecule has 0 aliphatic heterocycles. The number of anilines is 1. The summed E-state index contributed by atoms with van der Waals surface area (Å²) in [6.45, 7) is 0. The van der Waals surface area contributed by atoms with Crippen LogP contribution < -0.4 is 5.43 Å². The van der Waals surface area contributed by atoms with Gasteiger partial charge in [-0.25, -0.2) is 0 Å². The number of hydrogen-bond donors (Lipinski definition) is 1. The van der Waals surface area contributed by atoms with E-state index in [1.165, 1.54) is 0 Å². The number of nitrogens with one attached hydrogen (secondary N) is 1. The second kappa shape index (κ2) is 7.16. The Hall–Kier alpha value is -1.97. The summed E-state index contributed by atoms with van der Waals surface area (Å²) in [6, 6.07) is 15.8. The van der Waals surface area contributed by atoms with E-state index >= 15 is 0 Å². The summed E-state index contributed by atoms with van der Waals surface area (Å²) in [6.07, 6.45) is 0. The van der Waals surface area contributed by atoms with Crippen LogP contribution in [0.2, 0.25) is 0 Å². The Morgan fingerprint density at radius 1 is 1.00 bits per heavy atom. The predicted octanol–water partition coefficient (Wildman–Crippen LogP) is 4.39. The van der Waals surface area contributed by atoms with Gasteiger partial charge in [0, 0.05) is 14.5 Å². The van der Waals surface area contributed by atoms with E-state index in [4.69, 9.17) is 5.26 Å². The van der Waals surface area contributed by atoms with E-state index in [0.29, 0.717) is 11.3 Å². The Balaban J connectivity index is 2.17. The van der Waals surface area contributed by atoms with Crippen molar-refractivity contribution >= 4 is 49.0 Å². The van der Waals surface area contributed by atoms with Crippen LogP contribution in [0.25, 0.3) is 0 Å². The van der Waals surface area contributed by atoms with Crippen LogP contribution in [0.3, 0.4) is 0 Å². The summed E-state index contributed by atoms with van der Waals surface area (Å²) < 4.78 is 1.80. The lowest BCUT2D eigenvalue weighted by Gasteiger charge is -2.02. The monoisotopic (exact) mass is 405 g/mol. The van der Waals surface area contributed by atoms with Crippen molar-refractivity contribution in [3.63, 3.8) is 0 Å². The van der Waals surface area contributed by atoms with Crippen molar-refractivity contribution in [2.75, 3.05) is 5.43 Å². The second-order valence-corrected chi connectivity index (χ2v) is 5.86. The highest BCUT2D eigenvalue weighted by atomic mass is 79.9. The molecule has 2 aromatic rings. The fourth-order valence-corrected chi connectivity index (χ4v) is 2.04. The topological polar surface area (TPSA) is 65.2 Å². The Kier molecular flexibility index (Phi) is 5.26. The van der Waals surface area contributed by atoms with Gasteiger partial charge in [-0.05, 0) is 48.5 Å². The lowest BCUT2D eigenvalue weighted by atomic mass is 10.1. The van der Waals surface area contributed by atoms with Gasteiger partial charge in [0.25, 0.3) is 0 Å². The van der Waals surface area contributed by atoms with Crippen molar-refractivity contribution in [3.8, 4) is 6.07 Å². The zero-order valence-electron chi connectivity index (χ0n) is 10.7. The average molecular weight is 407 g/mol. The van der Waals surface area contributed by atoms with Crippen LogP contribution in [-0.4, -0.2) is 11.5 Å². The maximum Gasteiger partial charge on any atom is 0.223 e. The van der Waals surface area contributed by atoms with E-state index in [9.17, 15) is 4.79 Å². The number of nitrogens with zero attached hydrogens (tertiary/aromatic N) is 2. The molecule has 0 aromatic heterocycles. The van der Waals surface area contributed by atoms with Crippen LogP contribution in [0, 0.1) is 11.3 Å².